The summed E-state index contributed by atoms with van der Waals surface area (Å²) in [7, 11) is 1.47. The molecule has 1 saturated heterocycles. The first-order chi connectivity index (χ1) is 8.15. The molecule has 0 aromatic carbocycles. The van der Waals surface area contributed by atoms with Crippen LogP contribution < -0.4 is 5.32 Å². The fourth-order valence-electron chi connectivity index (χ4n) is 2.66. The zero-order valence-electron chi connectivity index (χ0n) is 11.4. The number of hydrogen-bond acceptors (Lipinski definition) is 4. The Morgan fingerprint density at radius 2 is 2.00 bits per heavy atom. The Bertz CT molecular complexity index is 236. The lowest BCUT2D eigenvalue weighted by atomic mass is 9.84. The highest BCUT2D eigenvalue weighted by molar-refractivity contribution is 5.70. The van der Waals surface area contributed by atoms with Crippen LogP contribution in [0.3, 0.4) is 0 Å². The molecule has 1 fully saturated rings. The highest BCUT2D eigenvalue weighted by atomic mass is 16.5. The van der Waals surface area contributed by atoms with Crippen LogP contribution in [0.1, 0.15) is 39.5 Å². The SMILES string of the molecule is CCCN1CCC(CC(=O)OC)(NCC)CC1. The third kappa shape index (κ3) is 4.28. The van der Waals surface area contributed by atoms with Crippen LogP contribution >= 0.6 is 0 Å². The van der Waals surface area contributed by atoms with Crippen molar-refractivity contribution in [3.05, 3.63) is 0 Å². The summed E-state index contributed by atoms with van der Waals surface area (Å²) in [6.45, 7) is 8.54. The summed E-state index contributed by atoms with van der Waals surface area (Å²) >= 11 is 0. The number of methoxy groups -OCH3 is 1. The van der Waals surface area contributed by atoms with Crippen LogP contribution in [-0.4, -0.2) is 49.7 Å². The summed E-state index contributed by atoms with van der Waals surface area (Å²) in [5, 5.41) is 3.50. The summed E-state index contributed by atoms with van der Waals surface area (Å²) in [6.07, 6.45) is 3.77. The molecule has 4 nitrogen and oxygen atoms in total. The minimum absolute atomic E-state index is 0.0356. The van der Waals surface area contributed by atoms with Crippen molar-refractivity contribution in [3.8, 4) is 0 Å². The fourth-order valence-corrected chi connectivity index (χ4v) is 2.66. The maximum absolute atomic E-state index is 11.5. The van der Waals surface area contributed by atoms with Crippen molar-refractivity contribution in [2.24, 2.45) is 0 Å². The lowest BCUT2D eigenvalue weighted by molar-refractivity contribution is -0.143. The fraction of sp³-hybridized carbons (Fsp3) is 0.923. The van der Waals surface area contributed by atoms with E-state index >= 15 is 0 Å². The van der Waals surface area contributed by atoms with Crippen molar-refractivity contribution in [1.82, 2.24) is 10.2 Å². The third-order valence-electron chi connectivity index (χ3n) is 3.62. The van der Waals surface area contributed by atoms with Crippen molar-refractivity contribution in [1.29, 1.82) is 0 Å². The standard InChI is InChI=1S/C13H26N2O2/c1-4-8-15-9-6-13(7-10-15,14-5-2)11-12(16)17-3/h14H,4-11H2,1-3H3. The van der Waals surface area contributed by atoms with Gasteiger partial charge in [-0.05, 0) is 45.4 Å². The van der Waals surface area contributed by atoms with Gasteiger partial charge < -0.3 is 15.0 Å². The van der Waals surface area contributed by atoms with Gasteiger partial charge in [-0.1, -0.05) is 13.8 Å². The summed E-state index contributed by atoms with van der Waals surface area (Å²) < 4.78 is 4.81. The molecule has 0 unspecified atom stereocenters. The largest absolute Gasteiger partial charge is 0.469 e. The molecule has 1 rings (SSSR count). The number of nitrogens with one attached hydrogen (secondary N) is 1. The Kier molecular flexibility index (Phi) is 5.92. The molecule has 0 spiro atoms. The average Bonchev–Trinajstić information content (AvgIpc) is 2.33. The number of likely N-dealkylation sites (tertiary alicyclic amines) is 1. The number of piperidine rings is 1. The highest BCUT2D eigenvalue weighted by Crippen LogP contribution is 2.26. The summed E-state index contributed by atoms with van der Waals surface area (Å²) in [5.41, 5.74) is -0.0356. The van der Waals surface area contributed by atoms with Gasteiger partial charge in [-0.3, -0.25) is 4.79 Å². The van der Waals surface area contributed by atoms with Gasteiger partial charge in [0.15, 0.2) is 0 Å². The second-order valence-corrected chi connectivity index (χ2v) is 4.91. The Morgan fingerprint density at radius 1 is 1.35 bits per heavy atom. The number of hydrogen-bond donors (Lipinski definition) is 1. The Labute approximate surface area is 105 Å². The lowest BCUT2D eigenvalue weighted by Gasteiger charge is -2.41. The van der Waals surface area contributed by atoms with Crippen LogP contribution in [0.25, 0.3) is 0 Å². The number of nitrogens with zero attached hydrogens (tertiary/aromatic N) is 1. The first kappa shape index (κ1) is 14.5. The topological polar surface area (TPSA) is 41.6 Å². The molecule has 0 aromatic heterocycles. The molecule has 0 bridgehead atoms. The van der Waals surface area contributed by atoms with Crippen LogP contribution in [0, 0.1) is 0 Å². The quantitative estimate of drug-likeness (QED) is 0.715. The lowest BCUT2D eigenvalue weighted by Crippen LogP contribution is -2.54. The van der Waals surface area contributed by atoms with Gasteiger partial charge in [0, 0.05) is 5.54 Å². The van der Waals surface area contributed by atoms with Crippen LogP contribution in [0.5, 0.6) is 0 Å². The summed E-state index contributed by atoms with van der Waals surface area (Å²) in [6, 6.07) is 0. The van der Waals surface area contributed by atoms with E-state index in [0.717, 1.165) is 32.5 Å². The monoisotopic (exact) mass is 242 g/mol. The van der Waals surface area contributed by atoms with E-state index < -0.39 is 0 Å². The maximum atomic E-state index is 11.5. The molecule has 0 aromatic rings. The van der Waals surface area contributed by atoms with Gasteiger partial charge in [0.05, 0.1) is 13.5 Å². The minimum atomic E-state index is -0.102. The van der Waals surface area contributed by atoms with Gasteiger partial charge in [-0.25, -0.2) is 0 Å². The van der Waals surface area contributed by atoms with Gasteiger partial charge in [0.2, 0.25) is 0 Å². The third-order valence-corrected chi connectivity index (χ3v) is 3.62. The number of esters is 1. The molecular formula is C13H26N2O2. The van der Waals surface area contributed by atoms with Gasteiger partial charge in [-0.15, -0.1) is 0 Å². The number of carbonyl (C=O) groups excluding carboxylic acids is 1. The first-order valence-corrected chi connectivity index (χ1v) is 6.70. The highest BCUT2D eigenvalue weighted by Gasteiger charge is 2.35. The van der Waals surface area contributed by atoms with Crippen LogP contribution in [0.4, 0.5) is 0 Å². The van der Waals surface area contributed by atoms with Gasteiger partial charge >= 0.3 is 5.97 Å². The molecule has 0 atom stereocenters. The second kappa shape index (κ2) is 6.97. The Balaban J connectivity index is 2.53. The second-order valence-electron chi connectivity index (χ2n) is 4.91. The molecular weight excluding hydrogens is 216 g/mol. The predicted octanol–water partition coefficient (Wildman–Crippen LogP) is 1.40. The predicted molar refractivity (Wildman–Crippen MR) is 69.0 cm³/mol. The molecule has 100 valence electrons. The first-order valence-electron chi connectivity index (χ1n) is 6.70. The molecule has 4 heteroatoms. The van der Waals surface area contributed by atoms with E-state index in [1.54, 1.807) is 0 Å². The van der Waals surface area contributed by atoms with Gasteiger partial charge in [-0.2, -0.15) is 0 Å². The molecule has 1 aliphatic heterocycles. The van der Waals surface area contributed by atoms with E-state index in [1.165, 1.54) is 20.1 Å². The van der Waals surface area contributed by atoms with E-state index in [-0.39, 0.29) is 11.5 Å². The zero-order chi connectivity index (χ0) is 12.7. The Morgan fingerprint density at radius 3 is 2.47 bits per heavy atom. The van der Waals surface area contributed by atoms with E-state index in [2.05, 4.69) is 24.1 Å². The van der Waals surface area contributed by atoms with Crippen molar-refractivity contribution >= 4 is 5.97 Å². The molecule has 1 aliphatic rings. The van der Waals surface area contributed by atoms with E-state index in [0.29, 0.717) is 6.42 Å². The van der Waals surface area contributed by atoms with Crippen LogP contribution in [0.15, 0.2) is 0 Å². The summed E-state index contributed by atoms with van der Waals surface area (Å²) in [5.74, 6) is -0.102. The van der Waals surface area contributed by atoms with Crippen molar-refractivity contribution in [2.75, 3.05) is 33.3 Å². The number of rotatable bonds is 6. The molecule has 0 amide bonds. The van der Waals surface area contributed by atoms with Crippen LogP contribution in [0.2, 0.25) is 0 Å². The van der Waals surface area contributed by atoms with E-state index in [9.17, 15) is 4.79 Å². The molecule has 0 radical (unpaired) electrons. The molecule has 17 heavy (non-hydrogen) atoms. The van der Waals surface area contributed by atoms with Crippen molar-refractivity contribution < 1.29 is 9.53 Å². The summed E-state index contributed by atoms with van der Waals surface area (Å²) in [4.78, 5) is 14.0. The normalized spacial score (nSPS) is 20.2. The van der Waals surface area contributed by atoms with Gasteiger partial charge in [0.1, 0.15) is 0 Å². The number of carbonyl (C=O) groups is 1. The Hall–Kier alpha value is -0.610. The maximum Gasteiger partial charge on any atom is 0.307 e. The molecule has 0 aliphatic carbocycles. The molecule has 0 saturated carbocycles. The number of ether oxygens (including phenoxy) is 1. The van der Waals surface area contributed by atoms with E-state index in [4.69, 9.17) is 4.74 Å². The molecule has 1 N–H and O–H groups in total. The molecule has 1 heterocycles. The van der Waals surface area contributed by atoms with E-state index in [1.807, 2.05) is 0 Å². The smallest absolute Gasteiger partial charge is 0.307 e. The van der Waals surface area contributed by atoms with Gasteiger partial charge in [0.25, 0.3) is 0 Å². The minimum Gasteiger partial charge on any atom is -0.469 e. The van der Waals surface area contributed by atoms with Crippen molar-refractivity contribution in [3.63, 3.8) is 0 Å². The zero-order valence-corrected chi connectivity index (χ0v) is 11.4. The van der Waals surface area contributed by atoms with Crippen molar-refractivity contribution in [2.45, 2.75) is 45.1 Å². The van der Waals surface area contributed by atoms with Crippen LogP contribution in [-0.2, 0) is 9.53 Å². The average molecular weight is 242 g/mol.